The number of ether oxygens (including phenoxy) is 1. The van der Waals surface area contributed by atoms with Crippen molar-refractivity contribution < 1.29 is 18.3 Å². The van der Waals surface area contributed by atoms with Gasteiger partial charge in [-0.15, -0.1) is 0 Å². The summed E-state index contributed by atoms with van der Waals surface area (Å²) in [6, 6.07) is 1.91. The van der Waals surface area contributed by atoms with Crippen LogP contribution in [0.1, 0.15) is 25.3 Å². The molecule has 0 amide bonds. The standard InChI is InChI=1S/C12H12F2O2/c1-7(15)12(3-4-12)11-9(14)5-8(13)6-10(11)16-2/h5-6H,3-4H2,1-2H3. The molecule has 0 heterocycles. The van der Waals surface area contributed by atoms with Gasteiger partial charge in [0.05, 0.1) is 12.5 Å². The summed E-state index contributed by atoms with van der Waals surface area (Å²) in [5.41, 5.74) is -0.591. The molecule has 2 rings (SSSR count). The van der Waals surface area contributed by atoms with Crippen molar-refractivity contribution >= 4 is 5.78 Å². The maximum atomic E-state index is 13.7. The maximum Gasteiger partial charge on any atom is 0.140 e. The van der Waals surface area contributed by atoms with Crippen molar-refractivity contribution in [3.63, 3.8) is 0 Å². The fourth-order valence-corrected chi connectivity index (χ4v) is 2.08. The molecule has 1 saturated carbocycles. The lowest BCUT2D eigenvalue weighted by Crippen LogP contribution is -2.20. The quantitative estimate of drug-likeness (QED) is 0.791. The summed E-state index contributed by atoms with van der Waals surface area (Å²) in [6.45, 7) is 1.43. The van der Waals surface area contributed by atoms with Crippen LogP contribution in [-0.2, 0) is 10.2 Å². The van der Waals surface area contributed by atoms with Crippen molar-refractivity contribution in [3.8, 4) is 5.75 Å². The Balaban J connectivity index is 2.60. The molecule has 4 heteroatoms. The van der Waals surface area contributed by atoms with Crippen LogP contribution in [0.3, 0.4) is 0 Å². The van der Waals surface area contributed by atoms with Gasteiger partial charge in [0.15, 0.2) is 0 Å². The lowest BCUT2D eigenvalue weighted by molar-refractivity contribution is -0.119. The molecule has 0 radical (unpaired) electrons. The summed E-state index contributed by atoms with van der Waals surface area (Å²) in [7, 11) is 1.34. The van der Waals surface area contributed by atoms with Crippen molar-refractivity contribution in [1.29, 1.82) is 0 Å². The Hall–Kier alpha value is -1.45. The molecule has 2 nitrogen and oxygen atoms in total. The van der Waals surface area contributed by atoms with Gasteiger partial charge in [0.1, 0.15) is 23.2 Å². The van der Waals surface area contributed by atoms with Crippen molar-refractivity contribution in [2.45, 2.75) is 25.2 Å². The van der Waals surface area contributed by atoms with E-state index in [1.54, 1.807) is 0 Å². The number of hydrogen-bond acceptors (Lipinski definition) is 2. The van der Waals surface area contributed by atoms with Gasteiger partial charge in [0.25, 0.3) is 0 Å². The highest BCUT2D eigenvalue weighted by atomic mass is 19.1. The van der Waals surface area contributed by atoms with Crippen LogP contribution in [0.5, 0.6) is 5.75 Å². The molecule has 1 aliphatic carbocycles. The third-order valence-corrected chi connectivity index (χ3v) is 3.14. The number of carbonyl (C=O) groups is 1. The first-order valence-corrected chi connectivity index (χ1v) is 5.06. The van der Waals surface area contributed by atoms with Gasteiger partial charge >= 0.3 is 0 Å². The second-order valence-corrected chi connectivity index (χ2v) is 4.10. The van der Waals surface area contributed by atoms with E-state index >= 15 is 0 Å². The van der Waals surface area contributed by atoms with Crippen LogP contribution in [-0.4, -0.2) is 12.9 Å². The zero-order valence-electron chi connectivity index (χ0n) is 9.14. The van der Waals surface area contributed by atoms with Crippen LogP contribution in [0.25, 0.3) is 0 Å². The van der Waals surface area contributed by atoms with Gasteiger partial charge < -0.3 is 4.74 Å². The third kappa shape index (κ3) is 1.49. The molecular weight excluding hydrogens is 214 g/mol. The normalized spacial score (nSPS) is 17.0. The van der Waals surface area contributed by atoms with Gasteiger partial charge in [-0.1, -0.05) is 0 Å². The van der Waals surface area contributed by atoms with Gasteiger partial charge in [-0.3, -0.25) is 4.79 Å². The number of methoxy groups -OCH3 is 1. The first-order valence-electron chi connectivity index (χ1n) is 5.06. The second-order valence-electron chi connectivity index (χ2n) is 4.10. The maximum absolute atomic E-state index is 13.7. The Morgan fingerprint density at radius 2 is 2.00 bits per heavy atom. The number of halogens is 2. The number of Topliss-reactive ketones (excluding diaryl/α,β-unsaturated/α-hetero) is 1. The molecule has 0 saturated heterocycles. The van der Waals surface area contributed by atoms with Gasteiger partial charge in [-0.05, 0) is 19.8 Å². The predicted molar refractivity (Wildman–Crippen MR) is 54.5 cm³/mol. The largest absolute Gasteiger partial charge is 0.496 e. The van der Waals surface area contributed by atoms with E-state index in [-0.39, 0.29) is 17.1 Å². The van der Waals surface area contributed by atoms with E-state index < -0.39 is 17.0 Å². The minimum absolute atomic E-state index is 0.101. The molecule has 0 aliphatic heterocycles. The average molecular weight is 226 g/mol. The molecule has 16 heavy (non-hydrogen) atoms. The van der Waals surface area contributed by atoms with Crippen molar-refractivity contribution in [2.24, 2.45) is 0 Å². The number of carbonyl (C=O) groups excluding carboxylic acids is 1. The zero-order chi connectivity index (χ0) is 11.9. The molecule has 0 bridgehead atoms. The highest BCUT2D eigenvalue weighted by Gasteiger charge is 2.52. The number of rotatable bonds is 3. The summed E-state index contributed by atoms with van der Waals surface area (Å²) in [6.07, 6.45) is 1.20. The van der Waals surface area contributed by atoms with E-state index in [2.05, 4.69) is 0 Å². The van der Waals surface area contributed by atoms with E-state index in [1.807, 2.05) is 0 Å². The number of ketones is 1. The van der Waals surface area contributed by atoms with Crippen LogP contribution < -0.4 is 4.74 Å². The van der Waals surface area contributed by atoms with Gasteiger partial charge in [0, 0.05) is 17.7 Å². The number of hydrogen-bond donors (Lipinski definition) is 0. The molecule has 0 N–H and O–H groups in total. The Bertz CT molecular complexity index is 451. The fourth-order valence-electron chi connectivity index (χ4n) is 2.08. The Morgan fingerprint density at radius 3 is 2.44 bits per heavy atom. The fraction of sp³-hybridized carbons (Fsp3) is 0.417. The molecule has 86 valence electrons. The summed E-state index contributed by atoms with van der Waals surface area (Å²) >= 11 is 0. The molecule has 0 atom stereocenters. The monoisotopic (exact) mass is 226 g/mol. The van der Waals surface area contributed by atoms with Gasteiger partial charge in [0.2, 0.25) is 0 Å². The number of benzene rings is 1. The predicted octanol–water partition coefficient (Wildman–Crippen LogP) is 2.59. The topological polar surface area (TPSA) is 26.3 Å². The van der Waals surface area contributed by atoms with E-state index in [0.29, 0.717) is 12.8 Å². The first kappa shape index (κ1) is 11.0. The minimum Gasteiger partial charge on any atom is -0.496 e. The first-order chi connectivity index (χ1) is 7.51. The van der Waals surface area contributed by atoms with Crippen molar-refractivity contribution in [2.75, 3.05) is 7.11 Å². The SMILES string of the molecule is COc1cc(F)cc(F)c1C1(C(C)=O)CC1. The Labute approximate surface area is 92.2 Å². The van der Waals surface area contributed by atoms with Gasteiger partial charge in [-0.2, -0.15) is 0 Å². The van der Waals surface area contributed by atoms with Crippen LogP contribution in [0.2, 0.25) is 0 Å². The van der Waals surface area contributed by atoms with Crippen LogP contribution >= 0.6 is 0 Å². The summed E-state index contributed by atoms with van der Waals surface area (Å²) in [5.74, 6) is -1.39. The molecule has 0 unspecified atom stereocenters. The van der Waals surface area contributed by atoms with Crippen LogP contribution in [0, 0.1) is 11.6 Å². The molecule has 1 aromatic carbocycles. The molecule has 0 spiro atoms. The summed E-state index contributed by atoms with van der Waals surface area (Å²) in [5, 5.41) is 0. The third-order valence-electron chi connectivity index (χ3n) is 3.14. The molecular formula is C12H12F2O2. The smallest absolute Gasteiger partial charge is 0.140 e. The molecule has 1 aromatic rings. The molecule has 1 fully saturated rings. The lowest BCUT2D eigenvalue weighted by atomic mass is 9.90. The van der Waals surface area contributed by atoms with Crippen molar-refractivity contribution in [1.82, 2.24) is 0 Å². The molecule has 1 aliphatic rings. The minimum atomic E-state index is -0.789. The van der Waals surface area contributed by atoms with Crippen LogP contribution in [0.4, 0.5) is 8.78 Å². The highest BCUT2D eigenvalue weighted by Crippen LogP contribution is 2.53. The average Bonchev–Trinajstić information content (AvgIpc) is 2.97. The Kier molecular flexibility index (Phi) is 2.45. The second kappa shape index (κ2) is 3.54. The van der Waals surface area contributed by atoms with Crippen molar-refractivity contribution in [3.05, 3.63) is 29.3 Å². The molecule has 0 aromatic heterocycles. The summed E-state index contributed by atoms with van der Waals surface area (Å²) < 4.78 is 31.7. The van der Waals surface area contributed by atoms with E-state index in [4.69, 9.17) is 4.74 Å². The van der Waals surface area contributed by atoms with Gasteiger partial charge in [-0.25, -0.2) is 8.78 Å². The van der Waals surface area contributed by atoms with Crippen LogP contribution in [0.15, 0.2) is 12.1 Å². The van der Waals surface area contributed by atoms with E-state index in [0.717, 1.165) is 12.1 Å². The lowest BCUT2D eigenvalue weighted by Gasteiger charge is -2.16. The summed E-state index contributed by atoms with van der Waals surface area (Å²) in [4.78, 5) is 11.5. The van der Waals surface area contributed by atoms with E-state index in [1.165, 1.54) is 14.0 Å². The highest BCUT2D eigenvalue weighted by molar-refractivity contribution is 5.92. The zero-order valence-corrected chi connectivity index (χ0v) is 9.14. The van der Waals surface area contributed by atoms with E-state index in [9.17, 15) is 13.6 Å². The Morgan fingerprint density at radius 1 is 1.38 bits per heavy atom.